The van der Waals surface area contributed by atoms with Gasteiger partial charge in [-0.3, -0.25) is 15.4 Å². The summed E-state index contributed by atoms with van der Waals surface area (Å²) in [5.41, 5.74) is 16.4. The third-order valence-electron chi connectivity index (χ3n) is 2.95. The number of nitrogen functional groups attached to an aromatic ring is 1. The number of hydrogen-bond acceptors (Lipinski definition) is 5. The van der Waals surface area contributed by atoms with Gasteiger partial charge in [-0.15, -0.1) is 0 Å². The fourth-order valence-electron chi connectivity index (χ4n) is 1.75. The summed E-state index contributed by atoms with van der Waals surface area (Å²) in [7, 11) is 0. The molecule has 0 spiro atoms. The van der Waals surface area contributed by atoms with Gasteiger partial charge in [0.2, 0.25) is 0 Å². The molecule has 9 nitrogen and oxygen atoms in total. The molecule has 1 aromatic carbocycles. The molecule has 1 rings (SSSR count). The van der Waals surface area contributed by atoms with Crippen LogP contribution >= 0.6 is 0 Å². The molecule has 0 radical (unpaired) electrons. The molecule has 0 bridgehead atoms. The van der Waals surface area contributed by atoms with Crippen LogP contribution < -0.4 is 17.2 Å². The van der Waals surface area contributed by atoms with E-state index in [1.54, 1.807) is 0 Å². The van der Waals surface area contributed by atoms with Gasteiger partial charge in [0.05, 0.1) is 0 Å². The Hall–Kier alpha value is -3.10. The second-order valence-electron chi connectivity index (χ2n) is 4.77. The largest absolute Gasteiger partial charge is 0.507 e. The van der Waals surface area contributed by atoms with Crippen LogP contribution in [0.3, 0.4) is 0 Å². The van der Waals surface area contributed by atoms with Crippen LogP contribution in [0.15, 0.2) is 28.2 Å². The van der Waals surface area contributed by atoms with E-state index in [4.69, 9.17) is 27.7 Å². The summed E-state index contributed by atoms with van der Waals surface area (Å²) in [6.45, 7) is 0.320. The van der Waals surface area contributed by atoms with Gasteiger partial charge in [0.25, 0.3) is 0 Å². The number of aliphatic carboxylic acids is 1. The van der Waals surface area contributed by atoms with E-state index in [0.29, 0.717) is 24.1 Å². The number of carboxylic acid groups (broad SMARTS) is 1. The van der Waals surface area contributed by atoms with E-state index in [1.165, 1.54) is 24.4 Å². The van der Waals surface area contributed by atoms with E-state index in [0.717, 1.165) is 0 Å². The fraction of sp³-hybridized carbons (Fsp3) is 0.286. The first-order chi connectivity index (χ1) is 10.8. The molecule has 0 aliphatic rings. The topological polar surface area (TPSA) is 184 Å². The Morgan fingerprint density at radius 1 is 1.35 bits per heavy atom. The van der Waals surface area contributed by atoms with Crippen LogP contribution in [-0.4, -0.2) is 46.8 Å². The maximum atomic E-state index is 11.2. The fourth-order valence-corrected chi connectivity index (χ4v) is 1.75. The lowest BCUT2D eigenvalue weighted by Crippen LogP contribution is -2.23. The SMILES string of the molecule is N=C(N)c1ccc(C=N[C@@H](CCCN=C(N)N)C(=O)O)c(O)c1. The average molecular weight is 320 g/mol. The van der Waals surface area contributed by atoms with E-state index in [1.807, 2.05) is 0 Å². The van der Waals surface area contributed by atoms with Crippen molar-refractivity contribution >= 4 is 24.0 Å². The molecule has 9 N–H and O–H groups in total. The van der Waals surface area contributed by atoms with Gasteiger partial charge >= 0.3 is 5.97 Å². The molecule has 0 aromatic heterocycles. The first-order valence-electron chi connectivity index (χ1n) is 6.80. The highest BCUT2D eigenvalue weighted by Gasteiger charge is 2.15. The van der Waals surface area contributed by atoms with Gasteiger partial charge < -0.3 is 27.4 Å². The summed E-state index contributed by atoms with van der Waals surface area (Å²) in [4.78, 5) is 18.9. The second-order valence-corrected chi connectivity index (χ2v) is 4.77. The van der Waals surface area contributed by atoms with Crippen molar-refractivity contribution in [2.45, 2.75) is 18.9 Å². The zero-order valence-electron chi connectivity index (χ0n) is 12.4. The number of phenolic OH excluding ortho intramolecular Hbond substituents is 1. The van der Waals surface area contributed by atoms with Crippen LogP contribution in [0.4, 0.5) is 0 Å². The molecule has 23 heavy (non-hydrogen) atoms. The quantitative estimate of drug-likeness (QED) is 0.215. The van der Waals surface area contributed by atoms with Gasteiger partial charge in [0, 0.05) is 23.9 Å². The van der Waals surface area contributed by atoms with Crippen molar-refractivity contribution in [3.8, 4) is 5.75 Å². The monoisotopic (exact) mass is 320 g/mol. The van der Waals surface area contributed by atoms with Crippen molar-refractivity contribution in [2.24, 2.45) is 27.2 Å². The molecule has 0 fully saturated rings. The van der Waals surface area contributed by atoms with Gasteiger partial charge in [0.15, 0.2) is 5.96 Å². The normalized spacial score (nSPS) is 12.0. The van der Waals surface area contributed by atoms with Crippen molar-refractivity contribution in [3.63, 3.8) is 0 Å². The third-order valence-corrected chi connectivity index (χ3v) is 2.95. The number of aromatic hydroxyl groups is 1. The number of guanidine groups is 1. The Balaban J connectivity index is 2.76. The van der Waals surface area contributed by atoms with Crippen LogP contribution in [0.2, 0.25) is 0 Å². The summed E-state index contributed by atoms with van der Waals surface area (Å²) in [6, 6.07) is 3.40. The summed E-state index contributed by atoms with van der Waals surface area (Å²) >= 11 is 0. The van der Waals surface area contributed by atoms with Crippen LogP contribution in [0.5, 0.6) is 5.75 Å². The molecule has 0 amide bonds. The van der Waals surface area contributed by atoms with Crippen LogP contribution in [0, 0.1) is 5.41 Å². The minimum atomic E-state index is -1.08. The molecule has 124 valence electrons. The Kier molecular flexibility index (Phi) is 6.53. The van der Waals surface area contributed by atoms with Crippen molar-refractivity contribution < 1.29 is 15.0 Å². The number of nitrogens with zero attached hydrogens (tertiary/aromatic N) is 2. The van der Waals surface area contributed by atoms with E-state index < -0.39 is 12.0 Å². The van der Waals surface area contributed by atoms with Crippen molar-refractivity contribution in [1.29, 1.82) is 5.41 Å². The molecule has 1 aromatic rings. The van der Waals surface area contributed by atoms with E-state index in [2.05, 4.69) is 9.98 Å². The maximum Gasteiger partial charge on any atom is 0.328 e. The highest BCUT2D eigenvalue weighted by molar-refractivity contribution is 5.96. The first-order valence-corrected chi connectivity index (χ1v) is 6.80. The zero-order valence-corrected chi connectivity index (χ0v) is 12.4. The molecule has 9 heteroatoms. The van der Waals surface area contributed by atoms with Crippen molar-refractivity contribution in [3.05, 3.63) is 29.3 Å². The number of benzene rings is 1. The van der Waals surface area contributed by atoms with Gasteiger partial charge in [-0.05, 0) is 25.0 Å². The van der Waals surface area contributed by atoms with Gasteiger partial charge in [-0.2, -0.15) is 0 Å². The third kappa shape index (κ3) is 6.04. The molecule has 0 aliphatic carbocycles. The predicted octanol–water partition coefficient (Wildman–Crippen LogP) is -0.398. The number of nitrogens with one attached hydrogen (secondary N) is 1. The van der Waals surface area contributed by atoms with Crippen LogP contribution in [0.25, 0.3) is 0 Å². The Labute approximate surface area is 133 Å². The molecule has 1 atom stereocenters. The molecule has 0 saturated carbocycles. The Morgan fingerprint density at radius 3 is 2.57 bits per heavy atom. The minimum absolute atomic E-state index is 0.0455. The van der Waals surface area contributed by atoms with Gasteiger partial charge in [-0.25, -0.2) is 4.79 Å². The van der Waals surface area contributed by atoms with Crippen LogP contribution in [0.1, 0.15) is 24.0 Å². The lowest BCUT2D eigenvalue weighted by molar-refractivity contribution is -0.138. The molecular formula is C14H20N6O3. The van der Waals surface area contributed by atoms with E-state index in [-0.39, 0.29) is 24.0 Å². The van der Waals surface area contributed by atoms with Crippen molar-refractivity contribution in [2.75, 3.05) is 6.54 Å². The lowest BCUT2D eigenvalue weighted by atomic mass is 10.1. The lowest BCUT2D eigenvalue weighted by Gasteiger charge is -2.07. The van der Waals surface area contributed by atoms with Gasteiger partial charge in [-0.1, -0.05) is 6.07 Å². The number of carbonyl (C=O) groups is 1. The maximum absolute atomic E-state index is 11.2. The summed E-state index contributed by atoms with van der Waals surface area (Å²) in [5, 5.41) is 26.3. The molecule has 0 aliphatic heterocycles. The van der Waals surface area contributed by atoms with E-state index >= 15 is 0 Å². The molecule has 0 unspecified atom stereocenters. The second kappa shape index (κ2) is 8.37. The average Bonchev–Trinajstić information content (AvgIpc) is 2.46. The Morgan fingerprint density at radius 2 is 2.04 bits per heavy atom. The minimum Gasteiger partial charge on any atom is -0.507 e. The van der Waals surface area contributed by atoms with Gasteiger partial charge in [0.1, 0.15) is 17.6 Å². The smallest absolute Gasteiger partial charge is 0.328 e. The number of hydrogen-bond donors (Lipinski definition) is 6. The number of phenols is 1. The predicted molar refractivity (Wildman–Crippen MR) is 88.1 cm³/mol. The van der Waals surface area contributed by atoms with Crippen molar-refractivity contribution in [1.82, 2.24) is 0 Å². The summed E-state index contributed by atoms with van der Waals surface area (Å²) in [5.74, 6) is -1.43. The number of amidine groups is 1. The van der Waals surface area contributed by atoms with Crippen LogP contribution in [-0.2, 0) is 4.79 Å². The molecule has 0 heterocycles. The zero-order chi connectivity index (χ0) is 17.4. The molecule has 0 saturated heterocycles. The summed E-state index contributed by atoms with van der Waals surface area (Å²) < 4.78 is 0. The standard InChI is InChI=1S/C14H20N6O3/c15-12(16)8-3-4-9(11(21)6-8)7-20-10(13(22)23)2-1-5-19-14(17)18/h3-4,6-7,10,21H,1-2,5H2,(H3,15,16)(H,22,23)(H4,17,18,19)/t10-/m0/s1. The number of carboxylic acids is 1. The number of rotatable bonds is 8. The first kappa shape index (κ1) is 18.0. The highest BCUT2D eigenvalue weighted by atomic mass is 16.4. The number of aliphatic imine (C=N–C) groups is 2. The van der Waals surface area contributed by atoms with E-state index in [9.17, 15) is 9.90 Å². The highest BCUT2D eigenvalue weighted by Crippen LogP contribution is 2.17. The number of nitrogens with two attached hydrogens (primary N) is 3. The molecular weight excluding hydrogens is 300 g/mol. The Bertz CT molecular complexity index is 637. The summed E-state index contributed by atoms with van der Waals surface area (Å²) in [6.07, 6.45) is 2.00.